The van der Waals surface area contributed by atoms with Gasteiger partial charge in [-0.2, -0.15) is 0 Å². The number of carbonyl (C=O) groups is 1. The molecular formula is C29H27F2N7O3S. The number of nitrogens with zero attached hydrogens (tertiary/aromatic N) is 6. The van der Waals surface area contributed by atoms with Gasteiger partial charge in [0.1, 0.15) is 41.9 Å². The van der Waals surface area contributed by atoms with Crippen LogP contribution in [0.25, 0.3) is 11.0 Å². The van der Waals surface area contributed by atoms with Gasteiger partial charge in [-0.05, 0) is 24.1 Å². The monoisotopic (exact) mass is 591 g/mol. The number of likely N-dealkylation sites (N-methyl/N-ethyl adjacent to an activating group) is 1. The Labute approximate surface area is 244 Å². The molecule has 3 aromatic heterocycles. The average molecular weight is 592 g/mol. The van der Waals surface area contributed by atoms with Gasteiger partial charge in [0.15, 0.2) is 11.8 Å². The molecule has 1 fully saturated rings. The summed E-state index contributed by atoms with van der Waals surface area (Å²) in [7, 11) is 3.30. The van der Waals surface area contributed by atoms with E-state index in [1.54, 1.807) is 44.6 Å². The summed E-state index contributed by atoms with van der Waals surface area (Å²) in [6, 6.07) is 6.31. The fourth-order valence-corrected chi connectivity index (χ4v) is 6.64. The number of aliphatic imine (C=N–C) groups is 1. The van der Waals surface area contributed by atoms with Crippen LogP contribution in [0.3, 0.4) is 0 Å². The van der Waals surface area contributed by atoms with E-state index in [1.807, 2.05) is 0 Å². The van der Waals surface area contributed by atoms with E-state index >= 15 is 8.78 Å². The van der Waals surface area contributed by atoms with E-state index in [4.69, 9.17) is 14.9 Å². The maximum absolute atomic E-state index is 15.4. The maximum atomic E-state index is 15.4. The Kier molecular flexibility index (Phi) is 7.13. The van der Waals surface area contributed by atoms with Crippen LogP contribution in [0.4, 0.5) is 8.78 Å². The Balaban J connectivity index is 1.29. The lowest BCUT2D eigenvalue weighted by Crippen LogP contribution is -2.39. The molecular weight excluding hydrogens is 564 g/mol. The number of carbonyl (C=O) groups excluding carboxylic acids is 1. The van der Waals surface area contributed by atoms with Gasteiger partial charge in [0, 0.05) is 48.9 Å². The molecule has 1 amide bonds. The van der Waals surface area contributed by atoms with Crippen LogP contribution in [0.2, 0.25) is 0 Å². The molecule has 0 radical (unpaired) electrons. The number of halogens is 2. The van der Waals surface area contributed by atoms with Crippen molar-refractivity contribution in [2.24, 2.45) is 16.6 Å². The second-order valence-electron chi connectivity index (χ2n) is 10.5. The van der Waals surface area contributed by atoms with Gasteiger partial charge in [-0.1, -0.05) is 23.9 Å². The van der Waals surface area contributed by atoms with Crippen molar-refractivity contribution < 1.29 is 22.7 Å². The van der Waals surface area contributed by atoms with E-state index in [-0.39, 0.29) is 29.2 Å². The van der Waals surface area contributed by atoms with Crippen molar-refractivity contribution in [3.8, 4) is 5.75 Å². The number of amidine groups is 1. The van der Waals surface area contributed by atoms with Crippen LogP contribution in [-0.4, -0.2) is 61.4 Å². The fraction of sp³-hybridized carbons (Fsp3) is 0.310. The summed E-state index contributed by atoms with van der Waals surface area (Å²) in [5.41, 5.74) is 7.22. The highest BCUT2D eigenvalue weighted by molar-refractivity contribution is 8.15. The lowest BCUT2D eigenvalue weighted by atomic mass is 9.83. The topological polar surface area (TPSA) is 133 Å². The number of rotatable bonds is 9. The van der Waals surface area contributed by atoms with E-state index in [0.717, 1.165) is 0 Å². The molecule has 1 aliphatic heterocycles. The Morgan fingerprint density at radius 3 is 2.88 bits per heavy atom. The van der Waals surface area contributed by atoms with E-state index in [1.165, 1.54) is 47.6 Å². The van der Waals surface area contributed by atoms with E-state index in [0.29, 0.717) is 46.8 Å². The Bertz CT molecular complexity index is 1710. The third kappa shape index (κ3) is 5.08. The van der Waals surface area contributed by atoms with Gasteiger partial charge >= 0.3 is 0 Å². The standard InChI is InChI=1S/C29H27F2N7O3S/c1-38(2)25(39)5-6-28-12-23(28)29(15-30,37-27(32)42-28)19-9-17(3-4-20(19)31)10-21-26-22(36-16-35-21)11-18(13-34-26)41-14-24-33-7-8-40-24/h3-9,11,13,16,23H,10,12,14-15H2,1-2H3,(H2,32,37)/b6-5+/t23-,28+,29-/m1/s1. The molecule has 4 aromatic rings. The maximum Gasteiger partial charge on any atom is 0.245 e. The van der Waals surface area contributed by atoms with Gasteiger partial charge < -0.3 is 19.8 Å². The molecule has 10 nitrogen and oxygen atoms in total. The van der Waals surface area contributed by atoms with Crippen LogP contribution < -0.4 is 10.5 Å². The number of pyridine rings is 1. The molecule has 13 heteroatoms. The molecule has 0 spiro atoms. The lowest BCUT2D eigenvalue weighted by molar-refractivity contribution is -0.123. The van der Waals surface area contributed by atoms with Crippen molar-refractivity contribution in [1.29, 1.82) is 0 Å². The second-order valence-corrected chi connectivity index (χ2v) is 11.8. The second kappa shape index (κ2) is 10.8. The van der Waals surface area contributed by atoms with Crippen molar-refractivity contribution in [3.63, 3.8) is 0 Å². The van der Waals surface area contributed by atoms with Crippen LogP contribution in [-0.2, 0) is 23.4 Å². The molecule has 1 saturated carbocycles. The van der Waals surface area contributed by atoms with E-state index in [2.05, 4.69) is 24.9 Å². The van der Waals surface area contributed by atoms with Gasteiger partial charge in [-0.3, -0.25) is 4.79 Å². The summed E-state index contributed by atoms with van der Waals surface area (Å²) >= 11 is 1.28. The Hall–Kier alpha value is -4.39. The van der Waals surface area contributed by atoms with Crippen LogP contribution in [0.15, 0.2) is 70.8 Å². The highest BCUT2D eigenvalue weighted by atomic mass is 32.2. The number of aromatic nitrogens is 4. The van der Waals surface area contributed by atoms with Crippen molar-refractivity contribution in [1.82, 2.24) is 24.8 Å². The molecule has 3 atom stereocenters. The van der Waals surface area contributed by atoms with Gasteiger partial charge in [-0.15, -0.1) is 0 Å². The third-order valence-electron chi connectivity index (χ3n) is 7.53. The van der Waals surface area contributed by atoms with Crippen LogP contribution in [0.5, 0.6) is 5.75 Å². The average Bonchev–Trinajstić information content (AvgIpc) is 3.46. The predicted octanol–water partition coefficient (Wildman–Crippen LogP) is 3.95. The zero-order chi connectivity index (χ0) is 29.5. The number of benzene rings is 1. The van der Waals surface area contributed by atoms with Gasteiger partial charge in [0.2, 0.25) is 11.8 Å². The van der Waals surface area contributed by atoms with Crippen LogP contribution in [0, 0.1) is 11.7 Å². The number of ether oxygens (including phenoxy) is 1. The van der Waals surface area contributed by atoms with E-state index < -0.39 is 22.8 Å². The number of oxazole rings is 1. The molecule has 216 valence electrons. The summed E-state index contributed by atoms with van der Waals surface area (Å²) < 4.78 is 40.7. The number of amides is 1. The quantitative estimate of drug-likeness (QED) is 0.287. The number of alkyl halides is 1. The lowest BCUT2D eigenvalue weighted by Gasteiger charge is -2.34. The normalized spacial score (nSPS) is 23.0. The first-order chi connectivity index (χ1) is 20.2. The van der Waals surface area contributed by atoms with E-state index in [9.17, 15) is 4.79 Å². The number of thioether (sulfide) groups is 1. The molecule has 1 aliphatic carbocycles. The SMILES string of the molecule is CN(C)C(=O)/C=C/[C@]12C[C@H]1[C@@](CF)(c1cc(Cc3ncnc4cc(OCc5ncco5)cnc34)ccc1F)N=C(N)S2. The van der Waals surface area contributed by atoms with Crippen molar-refractivity contribution in [2.45, 2.75) is 29.7 Å². The van der Waals surface area contributed by atoms with Crippen LogP contribution in [0.1, 0.15) is 29.1 Å². The minimum absolute atomic E-state index is 0.124. The first-order valence-electron chi connectivity index (χ1n) is 13.1. The van der Waals surface area contributed by atoms with Crippen molar-refractivity contribution in [3.05, 3.63) is 89.9 Å². The zero-order valence-electron chi connectivity index (χ0n) is 22.8. The van der Waals surface area contributed by atoms with Gasteiger partial charge in [0.25, 0.3) is 0 Å². The predicted molar refractivity (Wildman–Crippen MR) is 153 cm³/mol. The minimum atomic E-state index is -1.51. The smallest absolute Gasteiger partial charge is 0.245 e. The molecule has 2 aliphatic rings. The summed E-state index contributed by atoms with van der Waals surface area (Å²) in [6.45, 7) is -0.798. The summed E-state index contributed by atoms with van der Waals surface area (Å²) in [4.78, 5) is 35.4. The highest BCUT2D eigenvalue weighted by Crippen LogP contribution is 2.66. The van der Waals surface area contributed by atoms with Gasteiger partial charge in [0.05, 0.1) is 23.6 Å². The van der Waals surface area contributed by atoms with Crippen molar-refractivity contribution in [2.75, 3.05) is 20.8 Å². The summed E-state index contributed by atoms with van der Waals surface area (Å²) in [5, 5.41) is 0.153. The van der Waals surface area contributed by atoms with Crippen molar-refractivity contribution >= 4 is 33.9 Å². The molecule has 4 heterocycles. The number of hydrogen-bond donors (Lipinski definition) is 1. The number of hydrogen-bond acceptors (Lipinski definition) is 10. The molecule has 0 saturated heterocycles. The highest BCUT2D eigenvalue weighted by Gasteiger charge is 2.67. The first kappa shape index (κ1) is 27.8. The number of nitrogens with two attached hydrogens (primary N) is 1. The molecule has 0 bridgehead atoms. The number of fused-ring (bicyclic) bond motifs is 2. The summed E-state index contributed by atoms with van der Waals surface area (Å²) in [5.74, 6) is -0.235. The van der Waals surface area contributed by atoms with Crippen LogP contribution >= 0.6 is 11.8 Å². The molecule has 6 rings (SSSR count). The molecule has 2 N–H and O–H groups in total. The zero-order valence-corrected chi connectivity index (χ0v) is 23.6. The third-order valence-corrected chi connectivity index (χ3v) is 8.79. The minimum Gasteiger partial charge on any atom is -0.482 e. The Morgan fingerprint density at radius 1 is 1.26 bits per heavy atom. The fourth-order valence-electron chi connectivity index (χ4n) is 5.32. The summed E-state index contributed by atoms with van der Waals surface area (Å²) in [6.07, 6.45) is 9.99. The Morgan fingerprint density at radius 2 is 2.12 bits per heavy atom. The molecule has 42 heavy (non-hydrogen) atoms. The molecule has 1 aromatic carbocycles. The largest absolute Gasteiger partial charge is 0.482 e. The molecule has 0 unspecified atom stereocenters. The first-order valence-corrected chi connectivity index (χ1v) is 14.0. The van der Waals surface area contributed by atoms with Gasteiger partial charge in [-0.25, -0.2) is 33.7 Å².